The lowest BCUT2D eigenvalue weighted by Gasteiger charge is -2.28. The molecule has 2 fully saturated rings. The molecule has 2 rings (SSSR count). The van der Waals surface area contributed by atoms with Crippen LogP contribution in [0.4, 0.5) is 0 Å². The molecule has 0 radical (unpaired) electrons. The van der Waals surface area contributed by atoms with Crippen LogP contribution in [-0.4, -0.2) is 35.3 Å². The lowest BCUT2D eigenvalue weighted by Crippen LogP contribution is -2.38. The maximum absolute atomic E-state index is 9.80. The van der Waals surface area contributed by atoms with Crippen molar-refractivity contribution in [2.24, 2.45) is 5.92 Å². The van der Waals surface area contributed by atoms with Crippen LogP contribution in [-0.2, 0) is 0 Å². The van der Waals surface area contributed by atoms with Crippen molar-refractivity contribution in [3.63, 3.8) is 0 Å². The molecule has 2 N–H and O–H groups in total. The van der Waals surface area contributed by atoms with Crippen LogP contribution >= 0.6 is 11.8 Å². The van der Waals surface area contributed by atoms with Gasteiger partial charge in [-0.2, -0.15) is 11.8 Å². The van der Waals surface area contributed by atoms with Gasteiger partial charge in [0.15, 0.2) is 0 Å². The summed E-state index contributed by atoms with van der Waals surface area (Å²) >= 11 is 2.04. The summed E-state index contributed by atoms with van der Waals surface area (Å²) in [5, 5.41) is 13.4. The minimum atomic E-state index is -0.0368. The minimum Gasteiger partial charge on any atom is -0.393 e. The monoisotopic (exact) mass is 215 g/mol. The van der Waals surface area contributed by atoms with Crippen LogP contribution in [0.25, 0.3) is 0 Å². The Balaban J connectivity index is 1.67. The highest BCUT2D eigenvalue weighted by Gasteiger charge is 2.24. The van der Waals surface area contributed by atoms with Gasteiger partial charge in [-0.05, 0) is 30.9 Å². The third-order valence-corrected chi connectivity index (χ3v) is 4.63. The largest absolute Gasteiger partial charge is 0.393 e. The van der Waals surface area contributed by atoms with E-state index >= 15 is 0 Å². The molecule has 3 heteroatoms. The number of nitrogens with one attached hydrogen (secondary N) is 1. The molecule has 1 saturated heterocycles. The zero-order chi connectivity index (χ0) is 9.80. The zero-order valence-corrected chi connectivity index (χ0v) is 9.56. The second-order valence-electron chi connectivity index (χ2n) is 4.58. The average molecular weight is 215 g/mol. The van der Waals surface area contributed by atoms with Gasteiger partial charge in [0.2, 0.25) is 0 Å². The van der Waals surface area contributed by atoms with E-state index in [1.54, 1.807) is 0 Å². The van der Waals surface area contributed by atoms with Gasteiger partial charge in [-0.25, -0.2) is 0 Å². The molecule has 0 aromatic heterocycles. The molecule has 0 aromatic carbocycles. The van der Waals surface area contributed by atoms with E-state index in [1.165, 1.54) is 37.2 Å². The Morgan fingerprint density at radius 3 is 2.79 bits per heavy atom. The summed E-state index contributed by atoms with van der Waals surface area (Å²) < 4.78 is 0. The number of hydrogen-bond donors (Lipinski definition) is 2. The molecule has 1 aliphatic carbocycles. The van der Waals surface area contributed by atoms with E-state index in [2.05, 4.69) is 5.32 Å². The van der Waals surface area contributed by atoms with Crippen molar-refractivity contribution in [1.29, 1.82) is 0 Å². The second kappa shape index (κ2) is 5.38. The average Bonchev–Trinajstić information content (AvgIpc) is 2.69. The van der Waals surface area contributed by atoms with E-state index in [0.29, 0.717) is 12.0 Å². The van der Waals surface area contributed by atoms with Crippen LogP contribution in [0.3, 0.4) is 0 Å². The Morgan fingerprint density at radius 1 is 1.21 bits per heavy atom. The van der Waals surface area contributed by atoms with E-state index in [9.17, 15) is 5.11 Å². The van der Waals surface area contributed by atoms with Crippen molar-refractivity contribution >= 4 is 11.8 Å². The summed E-state index contributed by atoms with van der Waals surface area (Å²) in [6, 6.07) is 0.717. The highest BCUT2D eigenvalue weighted by atomic mass is 32.2. The van der Waals surface area contributed by atoms with E-state index in [-0.39, 0.29) is 6.10 Å². The number of rotatable bonds is 3. The van der Waals surface area contributed by atoms with Gasteiger partial charge < -0.3 is 10.4 Å². The topological polar surface area (TPSA) is 32.3 Å². The second-order valence-corrected chi connectivity index (χ2v) is 5.73. The first kappa shape index (κ1) is 10.8. The van der Waals surface area contributed by atoms with Crippen LogP contribution < -0.4 is 5.32 Å². The molecule has 3 unspecified atom stereocenters. The van der Waals surface area contributed by atoms with Gasteiger partial charge in [0.05, 0.1) is 6.10 Å². The fourth-order valence-corrected chi connectivity index (χ4v) is 3.63. The molecule has 1 heterocycles. The first-order valence-electron chi connectivity index (χ1n) is 5.85. The Bertz CT molecular complexity index is 171. The fraction of sp³-hybridized carbons (Fsp3) is 1.00. The molecule has 3 atom stereocenters. The molecule has 0 amide bonds. The van der Waals surface area contributed by atoms with Crippen molar-refractivity contribution in [3.05, 3.63) is 0 Å². The molecule has 14 heavy (non-hydrogen) atoms. The predicted molar refractivity (Wildman–Crippen MR) is 61.7 cm³/mol. The molecule has 0 aromatic rings. The Kier molecular flexibility index (Phi) is 4.14. The van der Waals surface area contributed by atoms with Crippen molar-refractivity contribution < 1.29 is 5.11 Å². The van der Waals surface area contributed by atoms with E-state index in [4.69, 9.17) is 0 Å². The lowest BCUT2D eigenvalue weighted by molar-refractivity contribution is 0.0685. The zero-order valence-electron chi connectivity index (χ0n) is 8.74. The first-order valence-corrected chi connectivity index (χ1v) is 7.01. The smallest absolute Gasteiger partial charge is 0.0580 e. The molecule has 2 nitrogen and oxygen atoms in total. The third kappa shape index (κ3) is 2.88. The Labute approximate surface area is 90.8 Å². The van der Waals surface area contributed by atoms with Crippen molar-refractivity contribution in [3.8, 4) is 0 Å². The van der Waals surface area contributed by atoms with Crippen molar-refractivity contribution in [2.75, 3.05) is 18.1 Å². The maximum atomic E-state index is 9.80. The summed E-state index contributed by atoms with van der Waals surface area (Å²) in [4.78, 5) is 0. The summed E-state index contributed by atoms with van der Waals surface area (Å²) in [6.45, 7) is 1.03. The minimum absolute atomic E-state index is 0.0368. The van der Waals surface area contributed by atoms with Crippen LogP contribution in [0.2, 0.25) is 0 Å². The maximum Gasteiger partial charge on any atom is 0.0580 e. The van der Waals surface area contributed by atoms with Crippen LogP contribution in [0.5, 0.6) is 0 Å². The number of aliphatic hydroxyl groups excluding tert-OH is 1. The quantitative estimate of drug-likeness (QED) is 0.750. The van der Waals surface area contributed by atoms with Crippen molar-refractivity contribution in [1.82, 2.24) is 5.32 Å². The number of thioether (sulfide) groups is 1. The molecular weight excluding hydrogens is 194 g/mol. The number of aliphatic hydroxyl groups is 1. The Morgan fingerprint density at radius 2 is 2.07 bits per heavy atom. The molecule has 2 aliphatic rings. The predicted octanol–water partition coefficient (Wildman–Crippen LogP) is 1.63. The molecule has 82 valence electrons. The normalized spacial score (nSPS) is 38.8. The molecule has 1 saturated carbocycles. The van der Waals surface area contributed by atoms with Gasteiger partial charge in [0, 0.05) is 18.3 Å². The van der Waals surface area contributed by atoms with Crippen molar-refractivity contribution in [2.45, 2.75) is 44.2 Å². The number of hydrogen-bond acceptors (Lipinski definition) is 3. The first-order chi connectivity index (χ1) is 6.86. The van der Waals surface area contributed by atoms with Gasteiger partial charge in [-0.3, -0.25) is 0 Å². The SMILES string of the molecule is OC1CCCCC1CNC1CCSC1. The standard InChI is InChI=1S/C11H21NOS/c13-11-4-2-1-3-9(11)7-12-10-5-6-14-8-10/h9-13H,1-8H2. The summed E-state index contributed by atoms with van der Waals surface area (Å²) in [5.41, 5.74) is 0. The van der Waals surface area contributed by atoms with Crippen LogP contribution in [0.1, 0.15) is 32.1 Å². The molecule has 0 spiro atoms. The van der Waals surface area contributed by atoms with E-state index in [0.717, 1.165) is 13.0 Å². The third-order valence-electron chi connectivity index (χ3n) is 3.47. The van der Waals surface area contributed by atoms with Crippen LogP contribution in [0, 0.1) is 5.92 Å². The molecule has 0 bridgehead atoms. The van der Waals surface area contributed by atoms with E-state index < -0.39 is 0 Å². The van der Waals surface area contributed by atoms with E-state index in [1.807, 2.05) is 11.8 Å². The fourth-order valence-electron chi connectivity index (χ4n) is 2.44. The van der Waals surface area contributed by atoms with Gasteiger partial charge in [-0.1, -0.05) is 12.8 Å². The lowest BCUT2D eigenvalue weighted by atomic mass is 9.86. The summed E-state index contributed by atoms with van der Waals surface area (Å²) in [5.74, 6) is 3.10. The highest BCUT2D eigenvalue weighted by Crippen LogP contribution is 2.24. The van der Waals surface area contributed by atoms with Gasteiger partial charge >= 0.3 is 0 Å². The van der Waals surface area contributed by atoms with Gasteiger partial charge in [0.1, 0.15) is 0 Å². The van der Waals surface area contributed by atoms with Crippen LogP contribution in [0.15, 0.2) is 0 Å². The summed E-state index contributed by atoms with van der Waals surface area (Å²) in [6.07, 6.45) is 6.04. The molecule has 1 aliphatic heterocycles. The Hall–Kier alpha value is 0.270. The molecular formula is C11H21NOS. The highest BCUT2D eigenvalue weighted by molar-refractivity contribution is 7.99. The summed E-state index contributed by atoms with van der Waals surface area (Å²) in [7, 11) is 0. The van der Waals surface area contributed by atoms with Gasteiger partial charge in [0.25, 0.3) is 0 Å². The van der Waals surface area contributed by atoms with Gasteiger partial charge in [-0.15, -0.1) is 0 Å².